The van der Waals surface area contributed by atoms with Gasteiger partial charge in [0.05, 0.1) is 17.8 Å². The molecule has 11 nitrogen and oxygen atoms in total. The fourth-order valence-corrected chi connectivity index (χ4v) is 5.16. The van der Waals surface area contributed by atoms with E-state index in [9.17, 15) is 24.0 Å². The average Bonchev–Trinajstić information content (AvgIpc) is 3.55. The van der Waals surface area contributed by atoms with E-state index < -0.39 is 41.4 Å². The molecule has 0 spiro atoms. The van der Waals surface area contributed by atoms with Crippen LogP contribution in [0, 0.1) is 6.92 Å². The first-order valence-corrected chi connectivity index (χ1v) is 12.7. The maximum absolute atomic E-state index is 13.9. The molecule has 1 aliphatic heterocycles. The fraction of sp³-hybridized carbons (Fsp3) is 0.500. The number of nitrogens with zero attached hydrogens (tertiary/aromatic N) is 3. The van der Waals surface area contributed by atoms with E-state index in [2.05, 4.69) is 16.0 Å². The second-order valence-electron chi connectivity index (χ2n) is 9.94. The Labute approximate surface area is 215 Å². The molecule has 11 heteroatoms. The molecule has 4 rings (SSSR count). The first-order valence-electron chi connectivity index (χ1n) is 12.7. The fourth-order valence-electron chi connectivity index (χ4n) is 5.16. The highest BCUT2D eigenvalue weighted by Gasteiger charge is 2.46. The van der Waals surface area contributed by atoms with Gasteiger partial charge in [-0.3, -0.25) is 34.1 Å². The molecule has 1 aromatic carbocycles. The van der Waals surface area contributed by atoms with E-state index in [1.165, 1.54) is 9.58 Å². The summed E-state index contributed by atoms with van der Waals surface area (Å²) in [5, 5.41) is 7.64. The Balaban J connectivity index is 1.82. The molecule has 1 saturated carbocycles. The van der Waals surface area contributed by atoms with E-state index >= 15 is 0 Å². The molecule has 0 bridgehead atoms. The summed E-state index contributed by atoms with van der Waals surface area (Å²) in [6.07, 6.45) is 3.58. The van der Waals surface area contributed by atoms with E-state index in [1.807, 2.05) is 6.07 Å². The van der Waals surface area contributed by atoms with Gasteiger partial charge in [0, 0.05) is 13.1 Å². The topological polar surface area (TPSA) is 135 Å². The average molecular weight is 511 g/mol. The summed E-state index contributed by atoms with van der Waals surface area (Å²) in [5.41, 5.74) is -0.735. The van der Waals surface area contributed by atoms with Gasteiger partial charge in [0.1, 0.15) is 17.3 Å². The lowest BCUT2D eigenvalue weighted by Gasteiger charge is -2.39. The summed E-state index contributed by atoms with van der Waals surface area (Å²) in [6.45, 7) is 5.14. The normalized spacial score (nSPS) is 19.3. The van der Waals surface area contributed by atoms with E-state index in [-0.39, 0.29) is 24.1 Å². The number of hydrogen-bond acceptors (Lipinski definition) is 5. The molecule has 2 heterocycles. The predicted octanol–water partition coefficient (Wildman–Crippen LogP) is 1.64. The van der Waals surface area contributed by atoms with Crippen molar-refractivity contribution in [2.45, 2.75) is 76.9 Å². The third kappa shape index (κ3) is 4.77. The molecule has 2 atom stereocenters. The summed E-state index contributed by atoms with van der Waals surface area (Å²) in [6, 6.07) is 7.23. The van der Waals surface area contributed by atoms with Gasteiger partial charge < -0.3 is 10.6 Å². The van der Waals surface area contributed by atoms with Crippen LogP contribution in [0.1, 0.15) is 58.1 Å². The summed E-state index contributed by atoms with van der Waals surface area (Å²) < 4.78 is 3.09. The second-order valence-corrected chi connectivity index (χ2v) is 9.94. The Morgan fingerprint density at radius 1 is 1.14 bits per heavy atom. The third-order valence-corrected chi connectivity index (χ3v) is 7.60. The number of aromatic nitrogens is 2. The molecular formula is C26H34N6O5. The predicted molar refractivity (Wildman–Crippen MR) is 137 cm³/mol. The molecule has 0 radical (unpaired) electrons. The zero-order valence-corrected chi connectivity index (χ0v) is 21.7. The van der Waals surface area contributed by atoms with Crippen molar-refractivity contribution in [3.8, 4) is 5.69 Å². The van der Waals surface area contributed by atoms with Crippen LogP contribution >= 0.6 is 0 Å². The maximum atomic E-state index is 13.9. The van der Waals surface area contributed by atoms with Gasteiger partial charge in [-0.1, -0.05) is 38.0 Å². The van der Waals surface area contributed by atoms with Gasteiger partial charge in [-0.2, -0.15) is 0 Å². The van der Waals surface area contributed by atoms with Gasteiger partial charge in [0.2, 0.25) is 11.8 Å². The largest absolute Gasteiger partial charge is 0.351 e. The minimum atomic E-state index is -1.42. The Morgan fingerprint density at radius 3 is 2.35 bits per heavy atom. The zero-order chi connectivity index (χ0) is 26.9. The quantitative estimate of drug-likeness (QED) is 0.464. The van der Waals surface area contributed by atoms with Crippen molar-refractivity contribution in [2.24, 2.45) is 7.05 Å². The standard InChI is InChI=1S/C26H34N6O5/c1-5-26(3,24(36)27-17-11-9-10-12-17)31(20(33)15-19-22(34)29-25(37)28-19)21-16(2)30(4)32(23(21)35)18-13-7-6-8-14-18/h6-8,13-14,17,19H,5,9-12,15H2,1-4H3,(H,27,36)(H2,28,29,34,37)/t19-,26-/m0/s1. The SMILES string of the molecule is CC[C@@](C)(C(=O)NC1CCCC1)N(C(=O)C[C@@H]1NC(=O)NC1=O)c1c(C)n(C)n(-c2ccccc2)c1=O. The number of urea groups is 1. The lowest BCUT2D eigenvalue weighted by Crippen LogP contribution is -2.62. The van der Waals surface area contributed by atoms with Crippen molar-refractivity contribution in [3.63, 3.8) is 0 Å². The van der Waals surface area contributed by atoms with E-state index in [1.54, 1.807) is 56.8 Å². The molecule has 3 N–H and O–H groups in total. The number of imide groups is 1. The van der Waals surface area contributed by atoms with Crippen LogP contribution in [0.2, 0.25) is 0 Å². The smallest absolute Gasteiger partial charge is 0.322 e. The van der Waals surface area contributed by atoms with Crippen LogP contribution in [0.15, 0.2) is 35.1 Å². The highest BCUT2D eigenvalue weighted by molar-refractivity contribution is 6.09. The lowest BCUT2D eigenvalue weighted by molar-refractivity contribution is -0.131. The molecule has 2 aliphatic rings. The number of anilines is 1. The van der Waals surface area contributed by atoms with Gasteiger partial charge in [0.15, 0.2) is 0 Å². The summed E-state index contributed by atoms with van der Waals surface area (Å²) in [7, 11) is 1.71. The summed E-state index contributed by atoms with van der Waals surface area (Å²) in [5.74, 6) is -1.60. The molecule has 0 unspecified atom stereocenters. The number of hydrogen-bond donors (Lipinski definition) is 3. The number of carbonyl (C=O) groups is 4. The molecule has 5 amide bonds. The van der Waals surface area contributed by atoms with Crippen LogP contribution in [-0.2, 0) is 21.4 Å². The number of carbonyl (C=O) groups excluding carboxylic acids is 4. The van der Waals surface area contributed by atoms with Crippen molar-refractivity contribution < 1.29 is 19.2 Å². The molecule has 37 heavy (non-hydrogen) atoms. The van der Waals surface area contributed by atoms with Crippen LogP contribution in [0.25, 0.3) is 5.69 Å². The van der Waals surface area contributed by atoms with Crippen LogP contribution in [0.4, 0.5) is 10.5 Å². The molecule has 1 saturated heterocycles. The minimum absolute atomic E-state index is 0.00747. The van der Waals surface area contributed by atoms with E-state index in [4.69, 9.17) is 0 Å². The maximum Gasteiger partial charge on any atom is 0.322 e. The van der Waals surface area contributed by atoms with Crippen molar-refractivity contribution in [1.82, 2.24) is 25.3 Å². The highest BCUT2D eigenvalue weighted by Crippen LogP contribution is 2.31. The molecular weight excluding hydrogens is 476 g/mol. The van der Waals surface area contributed by atoms with E-state index in [0.717, 1.165) is 25.7 Å². The molecule has 1 aromatic heterocycles. The number of amides is 5. The van der Waals surface area contributed by atoms with Crippen molar-refractivity contribution in [1.29, 1.82) is 0 Å². The van der Waals surface area contributed by atoms with Crippen molar-refractivity contribution >= 4 is 29.4 Å². The minimum Gasteiger partial charge on any atom is -0.351 e. The Bertz CT molecular complexity index is 1280. The number of rotatable bonds is 8. The molecule has 2 aromatic rings. The van der Waals surface area contributed by atoms with Gasteiger partial charge in [-0.25, -0.2) is 9.48 Å². The Kier molecular flexibility index (Phi) is 7.24. The summed E-state index contributed by atoms with van der Waals surface area (Å²) >= 11 is 0. The van der Waals surface area contributed by atoms with Crippen LogP contribution in [0.3, 0.4) is 0 Å². The number of benzene rings is 1. The first kappa shape index (κ1) is 26.2. The van der Waals surface area contributed by atoms with Crippen LogP contribution in [-0.4, -0.2) is 50.7 Å². The first-order chi connectivity index (χ1) is 17.6. The molecule has 1 aliphatic carbocycles. The Morgan fingerprint density at radius 2 is 1.78 bits per heavy atom. The highest BCUT2D eigenvalue weighted by atomic mass is 16.2. The van der Waals surface area contributed by atoms with Crippen molar-refractivity contribution in [3.05, 3.63) is 46.4 Å². The molecule has 198 valence electrons. The van der Waals surface area contributed by atoms with Crippen LogP contribution in [0.5, 0.6) is 0 Å². The van der Waals surface area contributed by atoms with Crippen molar-refractivity contribution in [2.75, 3.05) is 4.90 Å². The lowest BCUT2D eigenvalue weighted by atomic mass is 9.92. The van der Waals surface area contributed by atoms with Gasteiger partial charge in [-0.15, -0.1) is 0 Å². The monoisotopic (exact) mass is 510 g/mol. The second kappa shape index (κ2) is 10.2. The zero-order valence-electron chi connectivity index (χ0n) is 21.7. The number of para-hydroxylation sites is 1. The third-order valence-electron chi connectivity index (χ3n) is 7.60. The van der Waals surface area contributed by atoms with Crippen LogP contribution < -0.4 is 26.4 Å². The van der Waals surface area contributed by atoms with E-state index in [0.29, 0.717) is 11.4 Å². The summed E-state index contributed by atoms with van der Waals surface area (Å²) in [4.78, 5) is 66.7. The Hall–Kier alpha value is -3.89. The van der Waals surface area contributed by atoms with Gasteiger partial charge in [0.25, 0.3) is 11.5 Å². The molecule has 2 fully saturated rings. The number of nitrogens with one attached hydrogen (secondary N) is 3. The van der Waals surface area contributed by atoms with Gasteiger partial charge >= 0.3 is 6.03 Å². The van der Waals surface area contributed by atoms with Gasteiger partial charge in [-0.05, 0) is 45.2 Å².